The Kier molecular flexibility index (Phi) is 4.97. The van der Waals surface area contributed by atoms with Gasteiger partial charge in [-0.3, -0.25) is 0 Å². The molecule has 0 unspecified atom stereocenters. The van der Waals surface area contributed by atoms with Crippen molar-refractivity contribution in [2.75, 3.05) is 28.4 Å². The minimum Gasteiger partial charge on any atom is -0.494 e. The average molecular weight is 358 g/mol. The second-order valence-corrected chi connectivity index (χ2v) is 5.40. The standard InChI is InChI=1S/C19H19FN2O4/c1-23-16-6-5-12(7-14(16)20)15-10-22(11-21-15)13-8-17(24-2)19(26-4)18(9-13)25-3/h5-11H,1-4H3. The molecule has 1 heterocycles. The van der Waals surface area contributed by atoms with Crippen LogP contribution in [0, 0.1) is 5.82 Å². The highest BCUT2D eigenvalue weighted by Crippen LogP contribution is 2.39. The predicted octanol–water partition coefficient (Wildman–Crippen LogP) is 3.71. The van der Waals surface area contributed by atoms with E-state index >= 15 is 0 Å². The summed E-state index contributed by atoms with van der Waals surface area (Å²) in [6.07, 6.45) is 3.43. The summed E-state index contributed by atoms with van der Waals surface area (Å²) in [7, 11) is 6.09. The Bertz CT molecular complexity index is 899. The Morgan fingerprint density at radius 1 is 0.846 bits per heavy atom. The molecule has 0 radical (unpaired) electrons. The number of ether oxygens (including phenoxy) is 4. The number of imidazole rings is 1. The average Bonchev–Trinajstić information content (AvgIpc) is 3.16. The van der Waals surface area contributed by atoms with Crippen LogP contribution >= 0.6 is 0 Å². The van der Waals surface area contributed by atoms with Gasteiger partial charge in [0.1, 0.15) is 0 Å². The monoisotopic (exact) mass is 358 g/mol. The van der Waals surface area contributed by atoms with Crippen LogP contribution in [-0.4, -0.2) is 38.0 Å². The van der Waals surface area contributed by atoms with Crippen molar-refractivity contribution in [3.8, 4) is 39.9 Å². The van der Waals surface area contributed by atoms with Crippen LogP contribution in [0.25, 0.3) is 16.9 Å². The number of hydrogen-bond acceptors (Lipinski definition) is 5. The molecule has 0 saturated carbocycles. The lowest BCUT2D eigenvalue weighted by molar-refractivity contribution is 0.324. The first kappa shape index (κ1) is 17.6. The van der Waals surface area contributed by atoms with E-state index in [4.69, 9.17) is 18.9 Å². The van der Waals surface area contributed by atoms with Gasteiger partial charge in [0.2, 0.25) is 5.75 Å². The van der Waals surface area contributed by atoms with Gasteiger partial charge in [0.15, 0.2) is 23.1 Å². The second-order valence-electron chi connectivity index (χ2n) is 5.40. The molecule has 1 aromatic heterocycles. The molecule has 0 amide bonds. The molecule has 0 spiro atoms. The Balaban J connectivity index is 2.01. The van der Waals surface area contributed by atoms with Crippen molar-refractivity contribution in [1.29, 1.82) is 0 Å². The van der Waals surface area contributed by atoms with Gasteiger partial charge in [-0.25, -0.2) is 9.37 Å². The van der Waals surface area contributed by atoms with Gasteiger partial charge in [0.05, 0.1) is 46.1 Å². The summed E-state index contributed by atoms with van der Waals surface area (Å²) >= 11 is 0. The molecule has 0 aliphatic carbocycles. The van der Waals surface area contributed by atoms with Gasteiger partial charge < -0.3 is 23.5 Å². The lowest BCUT2D eigenvalue weighted by Crippen LogP contribution is -1.98. The van der Waals surface area contributed by atoms with E-state index in [1.54, 1.807) is 62.7 Å². The Morgan fingerprint density at radius 2 is 1.50 bits per heavy atom. The number of aromatic nitrogens is 2. The summed E-state index contributed by atoms with van der Waals surface area (Å²) in [5, 5.41) is 0. The van der Waals surface area contributed by atoms with E-state index in [-0.39, 0.29) is 5.75 Å². The van der Waals surface area contributed by atoms with Crippen LogP contribution < -0.4 is 18.9 Å². The van der Waals surface area contributed by atoms with Crippen LogP contribution in [0.3, 0.4) is 0 Å². The largest absolute Gasteiger partial charge is 0.494 e. The molecule has 3 aromatic rings. The van der Waals surface area contributed by atoms with Crippen LogP contribution in [0.2, 0.25) is 0 Å². The van der Waals surface area contributed by atoms with E-state index < -0.39 is 5.82 Å². The highest BCUT2D eigenvalue weighted by molar-refractivity contribution is 5.62. The highest BCUT2D eigenvalue weighted by Gasteiger charge is 2.15. The molecule has 0 atom stereocenters. The fraction of sp³-hybridized carbons (Fsp3) is 0.211. The van der Waals surface area contributed by atoms with Gasteiger partial charge in [0, 0.05) is 23.9 Å². The van der Waals surface area contributed by atoms with Crippen molar-refractivity contribution < 1.29 is 23.3 Å². The highest BCUT2D eigenvalue weighted by atomic mass is 19.1. The third kappa shape index (κ3) is 3.15. The fourth-order valence-electron chi connectivity index (χ4n) is 2.66. The smallest absolute Gasteiger partial charge is 0.203 e. The number of benzene rings is 2. The zero-order valence-electron chi connectivity index (χ0n) is 14.9. The maximum atomic E-state index is 13.9. The molecule has 3 rings (SSSR count). The number of nitrogens with zero attached hydrogens (tertiary/aromatic N) is 2. The van der Waals surface area contributed by atoms with Crippen LogP contribution in [0.5, 0.6) is 23.0 Å². The molecule has 0 aliphatic rings. The number of hydrogen-bond donors (Lipinski definition) is 0. The van der Waals surface area contributed by atoms with E-state index in [1.165, 1.54) is 13.2 Å². The molecule has 26 heavy (non-hydrogen) atoms. The van der Waals surface area contributed by atoms with Gasteiger partial charge in [-0.2, -0.15) is 0 Å². The Morgan fingerprint density at radius 3 is 2.04 bits per heavy atom. The van der Waals surface area contributed by atoms with Gasteiger partial charge in [0.25, 0.3) is 0 Å². The summed E-state index contributed by atoms with van der Waals surface area (Å²) < 4.78 is 36.7. The van der Waals surface area contributed by atoms with Crippen molar-refractivity contribution in [3.63, 3.8) is 0 Å². The summed E-state index contributed by atoms with van der Waals surface area (Å²) in [5.41, 5.74) is 2.04. The van der Waals surface area contributed by atoms with Crippen LogP contribution in [-0.2, 0) is 0 Å². The molecule has 0 bridgehead atoms. The third-order valence-corrected chi connectivity index (χ3v) is 3.98. The molecule has 0 fully saturated rings. The normalized spacial score (nSPS) is 10.5. The maximum absolute atomic E-state index is 13.9. The van der Waals surface area contributed by atoms with Crippen molar-refractivity contribution in [3.05, 3.63) is 48.7 Å². The van der Waals surface area contributed by atoms with Gasteiger partial charge >= 0.3 is 0 Å². The van der Waals surface area contributed by atoms with E-state index in [0.717, 1.165) is 5.69 Å². The fourth-order valence-corrected chi connectivity index (χ4v) is 2.66. The number of methoxy groups -OCH3 is 4. The van der Waals surface area contributed by atoms with Crippen LogP contribution in [0.1, 0.15) is 0 Å². The molecule has 0 aliphatic heterocycles. The van der Waals surface area contributed by atoms with E-state index in [1.807, 2.05) is 0 Å². The third-order valence-electron chi connectivity index (χ3n) is 3.98. The number of halogens is 1. The van der Waals surface area contributed by atoms with Gasteiger partial charge in [-0.1, -0.05) is 0 Å². The summed E-state index contributed by atoms with van der Waals surface area (Å²) in [6.45, 7) is 0. The van der Waals surface area contributed by atoms with Crippen LogP contribution in [0.15, 0.2) is 42.9 Å². The van der Waals surface area contributed by atoms with Crippen molar-refractivity contribution in [2.24, 2.45) is 0 Å². The zero-order valence-corrected chi connectivity index (χ0v) is 14.9. The van der Waals surface area contributed by atoms with Gasteiger partial charge in [-0.05, 0) is 18.2 Å². The quantitative estimate of drug-likeness (QED) is 0.672. The number of rotatable bonds is 6. The summed E-state index contributed by atoms with van der Waals surface area (Å²) in [4.78, 5) is 4.36. The van der Waals surface area contributed by atoms with E-state index in [2.05, 4.69) is 4.98 Å². The molecule has 136 valence electrons. The Labute approximate surface area is 150 Å². The zero-order chi connectivity index (χ0) is 18.7. The SMILES string of the molecule is COc1ccc(-c2cn(-c3cc(OC)c(OC)c(OC)c3)cn2)cc1F. The second kappa shape index (κ2) is 7.35. The molecule has 7 heteroatoms. The lowest BCUT2D eigenvalue weighted by atomic mass is 10.1. The first-order valence-corrected chi connectivity index (χ1v) is 7.79. The summed E-state index contributed by atoms with van der Waals surface area (Å²) in [6, 6.07) is 8.33. The predicted molar refractivity (Wildman–Crippen MR) is 95.2 cm³/mol. The summed E-state index contributed by atoms with van der Waals surface area (Å²) in [5.74, 6) is 1.33. The van der Waals surface area contributed by atoms with Gasteiger partial charge in [-0.15, -0.1) is 0 Å². The minimum atomic E-state index is -0.438. The molecular weight excluding hydrogens is 339 g/mol. The first-order valence-electron chi connectivity index (χ1n) is 7.79. The van der Waals surface area contributed by atoms with Crippen LogP contribution in [0.4, 0.5) is 4.39 Å². The topological polar surface area (TPSA) is 54.7 Å². The molecule has 0 N–H and O–H groups in total. The van der Waals surface area contributed by atoms with Crippen molar-refractivity contribution >= 4 is 0 Å². The van der Waals surface area contributed by atoms with E-state index in [0.29, 0.717) is 28.5 Å². The molecular formula is C19H19FN2O4. The Hall–Kier alpha value is -3.22. The molecule has 0 saturated heterocycles. The van der Waals surface area contributed by atoms with E-state index in [9.17, 15) is 4.39 Å². The lowest BCUT2D eigenvalue weighted by Gasteiger charge is -2.14. The minimum absolute atomic E-state index is 0.192. The first-order chi connectivity index (χ1) is 12.6. The molecule has 2 aromatic carbocycles. The van der Waals surface area contributed by atoms with Crippen molar-refractivity contribution in [2.45, 2.75) is 0 Å². The molecule has 6 nitrogen and oxygen atoms in total. The van der Waals surface area contributed by atoms with Crippen molar-refractivity contribution in [1.82, 2.24) is 9.55 Å². The maximum Gasteiger partial charge on any atom is 0.203 e.